The lowest BCUT2D eigenvalue weighted by Gasteiger charge is -2.04. The van der Waals surface area contributed by atoms with Gasteiger partial charge in [-0.2, -0.15) is 5.10 Å². The first-order valence-corrected chi connectivity index (χ1v) is 6.52. The number of rotatable bonds is 3. The fourth-order valence-corrected chi connectivity index (χ4v) is 2.19. The Morgan fingerprint density at radius 3 is 2.65 bits per heavy atom. The van der Waals surface area contributed by atoms with Crippen LogP contribution in [0.15, 0.2) is 60.9 Å². The smallest absolute Gasteiger partial charge is 0.121 e. The van der Waals surface area contributed by atoms with Crippen LogP contribution in [-0.4, -0.2) is 16.9 Å². The van der Waals surface area contributed by atoms with E-state index in [-0.39, 0.29) is 0 Å². The summed E-state index contributed by atoms with van der Waals surface area (Å²) in [5.74, 6) is 0.829. The quantitative estimate of drug-likeness (QED) is 0.718. The van der Waals surface area contributed by atoms with E-state index >= 15 is 0 Å². The monoisotopic (exact) mass is 264 g/mol. The van der Waals surface area contributed by atoms with Gasteiger partial charge in [0.25, 0.3) is 0 Å². The summed E-state index contributed by atoms with van der Waals surface area (Å²) >= 11 is 0. The Morgan fingerprint density at radius 1 is 1.00 bits per heavy atom. The molecule has 3 rings (SSSR count). The third-order valence-corrected chi connectivity index (χ3v) is 3.25. The normalized spacial score (nSPS) is 10.5. The fraction of sp³-hybridized carbons (Fsp3) is 0.118. The van der Waals surface area contributed by atoms with Crippen molar-refractivity contribution >= 4 is 0 Å². The molecule has 0 atom stereocenters. The van der Waals surface area contributed by atoms with Crippen molar-refractivity contribution in [1.29, 1.82) is 0 Å². The average molecular weight is 264 g/mol. The lowest BCUT2D eigenvalue weighted by Crippen LogP contribution is -1.94. The molecule has 0 saturated carbocycles. The Balaban J connectivity index is 1.97. The molecular formula is C17H16N2O. The van der Waals surface area contributed by atoms with E-state index in [1.54, 1.807) is 7.11 Å². The molecule has 3 aromatic rings. The summed E-state index contributed by atoms with van der Waals surface area (Å²) in [5, 5.41) is 4.43. The summed E-state index contributed by atoms with van der Waals surface area (Å²) < 4.78 is 7.10. The molecule has 0 spiro atoms. The second-order valence-electron chi connectivity index (χ2n) is 4.74. The Morgan fingerprint density at radius 2 is 1.85 bits per heavy atom. The van der Waals surface area contributed by atoms with Gasteiger partial charge in [-0.1, -0.05) is 35.9 Å². The summed E-state index contributed by atoms with van der Waals surface area (Å²) in [6, 6.07) is 16.3. The molecule has 1 aromatic heterocycles. The molecule has 3 nitrogen and oxygen atoms in total. The zero-order valence-corrected chi connectivity index (χ0v) is 11.6. The molecule has 0 aliphatic heterocycles. The maximum absolute atomic E-state index is 5.24. The molecule has 1 heterocycles. The van der Waals surface area contributed by atoms with Crippen LogP contribution in [-0.2, 0) is 0 Å². The number of hydrogen-bond donors (Lipinski definition) is 0. The van der Waals surface area contributed by atoms with Gasteiger partial charge in [-0.15, -0.1) is 0 Å². The number of benzene rings is 2. The molecule has 0 aliphatic carbocycles. The second kappa shape index (κ2) is 5.21. The van der Waals surface area contributed by atoms with Gasteiger partial charge in [0, 0.05) is 17.8 Å². The molecule has 0 saturated heterocycles. The minimum Gasteiger partial charge on any atom is -0.497 e. The standard InChI is InChI=1S/C17H16N2O/c1-13-5-3-6-14(9-13)15-11-18-19(12-15)16-7-4-8-17(10-16)20-2/h3-12H,1-2H3. The second-order valence-corrected chi connectivity index (χ2v) is 4.74. The first-order chi connectivity index (χ1) is 9.76. The van der Waals surface area contributed by atoms with Gasteiger partial charge in [0.15, 0.2) is 0 Å². The molecule has 100 valence electrons. The summed E-state index contributed by atoms with van der Waals surface area (Å²) in [6.45, 7) is 2.09. The minimum absolute atomic E-state index is 0.829. The van der Waals surface area contributed by atoms with Crippen LogP contribution in [0.1, 0.15) is 5.56 Å². The minimum atomic E-state index is 0.829. The van der Waals surface area contributed by atoms with Gasteiger partial charge in [-0.05, 0) is 24.6 Å². The van der Waals surface area contributed by atoms with Crippen LogP contribution in [0.5, 0.6) is 5.75 Å². The van der Waals surface area contributed by atoms with Crippen LogP contribution in [0.2, 0.25) is 0 Å². The van der Waals surface area contributed by atoms with Crippen molar-refractivity contribution < 1.29 is 4.74 Å². The molecule has 0 aliphatic rings. The Hall–Kier alpha value is -2.55. The van der Waals surface area contributed by atoms with Crippen LogP contribution in [0.3, 0.4) is 0 Å². The van der Waals surface area contributed by atoms with Crippen LogP contribution in [0.4, 0.5) is 0 Å². The summed E-state index contributed by atoms with van der Waals surface area (Å²) in [5.41, 5.74) is 4.52. The van der Waals surface area contributed by atoms with Crippen LogP contribution < -0.4 is 4.74 Å². The molecular weight excluding hydrogens is 248 g/mol. The lowest BCUT2D eigenvalue weighted by molar-refractivity contribution is 0.414. The van der Waals surface area contributed by atoms with E-state index < -0.39 is 0 Å². The Bertz CT molecular complexity index is 731. The van der Waals surface area contributed by atoms with Gasteiger partial charge in [-0.25, -0.2) is 4.68 Å². The van der Waals surface area contributed by atoms with Crippen molar-refractivity contribution in [2.24, 2.45) is 0 Å². The van der Waals surface area contributed by atoms with E-state index in [2.05, 4.69) is 36.3 Å². The number of hydrogen-bond acceptors (Lipinski definition) is 2. The van der Waals surface area contributed by atoms with Crippen molar-refractivity contribution in [3.63, 3.8) is 0 Å². The number of nitrogens with zero attached hydrogens (tertiary/aromatic N) is 2. The molecule has 0 radical (unpaired) electrons. The SMILES string of the molecule is COc1cccc(-n2cc(-c3cccc(C)c3)cn2)c1. The number of aryl methyl sites for hydroxylation is 1. The molecule has 0 unspecified atom stereocenters. The molecule has 2 aromatic carbocycles. The van der Waals surface area contributed by atoms with E-state index in [0.29, 0.717) is 0 Å². The third kappa shape index (κ3) is 2.43. The molecule has 20 heavy (non-hydrogen) atoms. The topological polar surface area (TPSA) is 27.1 Å². The molecule has 0 fully saturated rings. The van der Waals surface area contributed by atoms with Crippen LogP contribution in [0.25, 0.3) is 16.8 Å². The first kappa shape index (κ1) is 12.5. The Labute approximate surface area is 118 Å². The molecule has 0 bridgehead atoms. The van der Waals surface area contributed by atoms with Gasteiger partial charge in [0.2, 0.25) is 0 Å². The van der Waals surface area contributed by atoms with Crippen molar-refractivity contribution in [3.8, 4) is 22.6 Å². The van der Waals surface area contributed by atoms with Gasteiger partial charge >= 0.3 is 0 Å². The lowest BCUT2D eigenvalue weighted by atomic mass is 10.1. The number of aromatic nitrogens is 2. The van der Waals surface area contributed by atoms with Gasteiger partial charge < -0.3 is 4.74 Å². The molecule has 0 amide bonds. The van der Waals surface area contributed by atoms with E-state index in [9.17, 15) is 0 Å². The number of methoxy groups -OCH3 is 1. The largest absolute Gasteiger partial charge is 0.497 e. The van der Waals surface area contributed by atoms with Gasteiger partial charge in [-0.3, -0.25) is 0 Å². The molecule has 0 N–H and O–H groups in total. The van der Waals surface area contributed by atoms with Crippen molar-refractivity contribution in [1.82, 2.24) is 9.78 Å². The van der Waals surface area contributed by atoms with Crippen LogP contribution >= 0.6 is 0 Å². The van der Waals surface area contributed by atoms with E-state index in [1.807, 2.05) is 41.3 Å². The van der Waals surface area contributed by atoms with Crippen molar-refractivity contribution in [3.05, 3.63) is 66.5 Å². The highest BCUT2D eigenvalue weighted by Crippen LogP contribution is 2.22. The number of ether oxygens (including phenoxy) is 1. The maximum Gasteiger partial charge on any atom is 0.121 e. The van der Waals surface area contributed by atoms with Crippen molar-refractivity contribution in [2.75, 3.05) is 7.11 Å². The third-order valence-electron chi connectivity index (χ3n) is 3.25. The molecule has 3 heteroatoms. The highest BCUT2D eigenvalue weighted by atomic mass is 16.5. The highest BCUT2D eigenvalue weighted by Gasteiger charge is 2.04. The van der Waals surface area contributed by atoms with Crippen molar-refractivity contribution in [2.45, 2.75) is 6.92 Å². The highest BCUT2D eigenvalue weighted by molar-refractivity contribution is 5.63. The average Bonchev–Trinajstić information content (AvgIpc) is 2.97. The van der Waals surface area contributed by atoms with Crippen LogP contribution in [0, 0.1) is 6.92 Å². The van der Waals surface area contributed by atoms with E-state index in [1.165, 1.54) is 11.1 Å². The maximum atomic E-state index is 5.24. The summed E-state index contributed by atoms with van der Waals surface area (Å²) in [4.78, 5) is 0. The fourth-order valence-electron chi connectivity index (χ4n) is 2.19. The predicted molar refractivity (Wildman–Crippen MR) is 80.3 cm³/mol. The zero-order valence-electron chi connectivity index (χ0n) is 11.6. The summed E-state index contributed by atoms with van der Waals surface area (Å²) in [6.07, 6.45) is 3.91. The summed E-state index contributed by atoms with van der Waals surface area (Å²) in [7, 11) is 1.67. The van der Waals surface area contributed by atoms with Gasteiger partial charge in [0.05, 0.1) is 19.0 Å². The predicted octanol–water partition coefficient (Wildman–Crippen LogP) is 3.86. The Kier molecular flexibility index (Phi) is 3.25. The van der Waals surface area contributed by atoms with E-state index in [0.717, 1.165) is 17.0 Å². The van der Waals surface area contributed by atoms with Gasteiger partial charge in [0.1, 0.15) is 5.75 Å². The van der Waals surface area contributed by atoms with E-state index in [4.69, 9.17) is 4.74 Å². The zero-order chi connectivity index (χ0) is 13.9. The first-order valence-electron chi connectivity index (χ1n) is 6.52.